The molecular formula is C21H20BrClN2O3. The van der Waals surface area contributed by atoms with Crippen LogP contribution in [-0.4, -0.2) is 43.0 Å². The van der Waals surface area contributed by atoms with E-state index in [1.165, 1.54) is 0 Å². The fraction of sp³-hybridized carbons (Fsp3) is 0.333. The Morgan fingerprint density at radius 2 is 1.93 bits per heavy atom. The Balaban J connectivity index is 1.59. The second-order valence-corrected chi connectivity index (χ2v) is 8.32. The first-order valence-electron chi connectivity index (χ1n) is 9.29. The molecule has 0 aliphatic carbocycles. The maximum Gasteiger partial charge on any atom is 0.256 e. The van der Waals surface area contributed by atoms with Gasteiger partial charge in [0, 0.05) is 29.0 Å². The topological polar surface area (TPSA) is 49.9 Å². The van der Waals surface area contributed by atoms with Gasteiger partial charge < -0.3 is 14.5 Å². The lowest BCUT2D eigenvalue weighted by atomic mass is 10.1. The molecule has 2 saturated heterocycles. The van der Waals surface area contributed by atoms with E-state index in [1.807, 2.05) is 24.3 Å². The predicted molar refractivity (Wildman–Crippen MR) is 112 cm³/mol. The van der Waals surface area contributed by atoms with Gasteiger partial charge in [-0.15, -0.1) is 0 Å². The van der Waals surface area contributed by atoms with Crippen LogP contribution >= 0.6 is 27.5 Å². The molecule has 1 unspecified atom stereocenters. The van der Waals surface area contributed by atoms with Crippen LogP contribution in [0.4, 0.5) is 5.69 Å². The molecule has 2 aliphatic rings. The summed E-state index contributed by atoms with van der Waals surface area (Å²) in [7, 11) is 0. The Morgan fingerprint density at radius 3 is 2.64 bits per heavy atom. The minimum atomic E-state index is -0.171. The van der Waals surface area contributed by atoms with Crippen molar-refractivity contribution in [1.82, 2.24) is 4.90 Å². The molecule has 2 heterocycles. The fourth-order valence-electron chi connectivity index (χ4n) is 3.69. The van der Waals surface area contributed by atoms with Crippen LogP contribution in [-0.2, 0) is 9.53 Å². The van der Waals surface area contributed by atoms with Gasteiger partial charge in [-0.2, -0.15) is 0 Å². The number of ether oxygens (including phenoxy) is 1. The zero-order valence-corrected chi connectivity index (χ0v) is 17.6. The minimum Gasteiger partial charge on any atom is -0.370 e. The maximum atomic E-state index is 13.3. The van der Waals surface area contributed by atoms with Crippen LogP contribution in [0.3, 0.4) is 0 Å². The zero-order valence-electron chi connectivity index (χ0n) is 15.2. The summed E-state index contributed by atoms with van der Waals surface area (Å²) in [6, 6.07) is 13.1. The number of carbonyl (C=O) groups excluding carboxylic acids is 2. The normalized spacial score (nSPS) is 19.9. The quantitative estimate of drug-likeness (QED) is 0.676. The number of halogens is 2. The SMILES string of the molecule is O=C(c1ccc(Cl)cc1N1CCCC1=O)N1CCOC(c2ccc(Br)cc2)C1. The molecule has 146 valence electrons. The summed E-state index contributed by atoms with van der Waals surface area (Å²) in [5.41, 5.74) is 2.15. The average molecular weight is 464 g/mol. The molecule has 0 aromatic heterocycles. The van der Waals surface area contributed by atoms with Gasteiger partial charge in [0.1, 0.15) is 6.10 Å². The molecule has 0 bridgehead atoms. The summed E-state index contributed by atoms with van der Waals surface area (Å²) >= 11 is 9.60. The number of nitrogens with zero attached hydrogens (tertiary/aromatic N) is 2. The highest BCUT2D eigenvalue weighted by Crippen LogP contribution is 2.31. The number of rotatable bonds is 3. The van der Waals surface area contributed by atoms with Crippen LogP contribution in [0.5, 0.6) is 0 Å². The van der Waals surface area contributed by atoms with Crippen LogP contribution in [0.2, 0.25) is 5.02 Å². The van der Waals surface area contributed by atoms with Crippen molar-refractivity contribution in [3.05, 3.63) is 63.1 Å². The molecule has 2 aromatic carbocycles. The highest BCUT2D eigenvalue weighted by Gasteiger charge is 2.31. The van der Waals surface area contributed by atoms with E-state index in [-0.39, 0.29) is 17.9 Å². The molecule has 0 N–H and O–H groups in total. The number of benzene rings is 2. The van der Waals surface area contributed by atoms with Gasteiger partial charge in [0.05, 0.1) is 24.4 Å². The molecule has 5 nitrogen and oxygen atoms in total. The molecule has 2 aromatic rings. The van der Waals surface area contributed by atoms with E-state index in [0.29, 0.717) is 48.9 Å². The second-order valence-electron chi connectivity index (χ2n) is 6.97. The van der Waals surface area contributed by atoms with Crippen LogP contribution in [0.1, 0.15) is 34.9 Å². The number of hydrogen-bond acceptors (Lipinski definition) is 3. The number of hydrogen-bond donors (Lipinski definition) is 0. The molecule has 2 fully saturated rings. The monoisotopic (exact) mass is 462 g/mol. The van der Waals surface area contributed by atoms with E-state index < -0.39 is 0 Å². The first-order chi connectivity index (χ1) is 13.5. The highest BCUT2D eigenvalue weighted by molar-refractivity contribution is 9.10. The van der Waals surface area contributed by atoms with Crippen molar-refractivity contribution >= 4 is 45.0 Å². The van der Waals surface area contributed by atoms with Crippen molar-refractivity contribution in [1.29, 1.82) is 0 Å². The van der Waals surface area contributed by atoms with Crippen molar-refractivity contribution in [2.45, 2.75) is 18.9 Å². The molecule has 2 aliphatic heterocycles. The van der Waals surface area contributed by atoms with Gasteiger partial charge in [0.15, 0.2) is 0 Å². The second kappa shape index (κ2) is 8.23. The van der Waals surface area contributed by atoms with Gasteiger partial charge in [0.2, 0.25) is 5.91 Å². The van der Waals surface area contributed by atoms with Crippen molar-refractivity contribution in [3.63, 3.8) is 0 Å². The fourth-order valence-corrected chi connectivity index (χ4v) is 4.13. The summed E-state index contributed by atoms with van der Waals surface area (Å²) in [6.07, 6.45) is 1.13. The first-order valence-corrected chi connectivity index (χ1v) is 10.5. The number of anilines is 1. The third kappa shape index (κ3) is 3.95. The highest BCUT2D eigenvalue weighted by atomic mass is 79.9. The molecule has 1 atom stereocenters. The van der Waals surface area contributed by atoms with Crippen LogP contribution in [0, 0.1) is 0 Å². The van der Waals surface area contributed by atoms with E-state index in [4.69, 9.17) is 16.3 Å². The lowest BCUT2D eigenvalue weighted by Gasteiger charge is -2.34. The van der Waals surface area contributed by atoms with Gasteiger partial charge in [-0.25, -0.2) is 0 Å². The Bertz CT molecular complexity index is 903. The molecule has 0 saturated carbocycles. The Morgan fingerprint density at radius 1 is 1.14 bits per heavy atom. The number of amides is 2. The van der Waals surface area contributed by atoms with Crippen LogP contribution in [0.25, 0.3) is 0 Å². The van der Waals surface area contributed by atoms with Gasteiger partial charge in [-0.3, -0.25) is 9.59 Å². The van der Waals surface area contributed by atoms with Gasteiger partial charge in [0.25, 0.3) is 5.91 Å². The Hall–Kier alpha value is -1.89. The third-order valence-corrected chi connectivity index (χ3v) is 5.91. The lowest BCUT2D eigenvalue weighted by Crippen LogP contribution is -2.42. The van der Waals surface area contributed by atoms with E-state index in [0.717, 1.165) is 16.5 Å². The van der Waals surface area contributed by atoms with Crippen molar-refractivity contribution in [2.75, 3.05) is 31.1 Å². The van der Waals surface area contributed by atoms with Gasteiger partial charge in [-0.1, -0.05) is 39.7 Å². The van der Waals surface area contributed by atoms with Crippen LogP contribution in [0.15, 0.2) is 46.9 Å². The number of morpholine rings is 1. The van der Waals surface area contributed by atoms with Crippen molar-refractivity contribution in [3.8, 4) is 0 Å². The summed E-state index contributed by atoms with van der Waals surface area (Å²) in [5, 5.41) is 0.515. The smallest absolute Gasteiger partial charge is 0.256 e. The van der Waals surface area contributed by atoms with Crippen molar-refractivity contribution < 1.29 is 14.3 Å². The summed E-state index contributed by atoms with van der Waals surface area (Å²) in [4.78, 5) is 29.0. The summed E-state index contributed by atoms with van der Waals surface area (Å²) in [6.45, 7) is 2.07. The standard InChI is InChI=1S/C21H20BrClN2O3/c22-15-5-3-14(4-6-15)19-13-24(10-11-28-19)21(27)17-8-7-16(23)12-18(17)25-9-1-2-20(25)26/h3-8,12,19H,1-2,9-11,13H2. The molecule has 2 amide bonds. The molecular weight excluding hydrogens is 444 g/mol. The van der Waals surface area contributed by atoms with Gasteiger partial charge >= 0.3 is 0 Å². The third-order valence-electron chi connectivity index (χ3n) is 5.15. The van der Waals surface area contributed by atoms with Crippen molar-refractivity contribution in [2.24, 2.45) is 0 Å². The first kappa shape index (κ1) is 19.4. The molecule has 28 heavy (non-hydrogen) atoms. The molecule has 7 heteroatoms. The Labute approximate surface area is 177 Å². The molecule has 0 spiro atoms. The molecule has 0 radical (unpaired) electrons. The average Bonchev–Trinajstić information content (AvgIpc) is 3.14. The van der Waals surface area contributed by atoms with E-state index >= 15 is 0 Å². The largest absolute Gasteiger partial charge is 0.370 e. The van der Waals surface area contributed by atoms with E-state index in [2.05, 4.69) is 15.9 Å². The lowest BCUT2D eigenvalue weighted by molar-refractivity contribution is -0.117. The summed E-state index contributed by atoms with van der Waals surface area (Å²) in [5.74, 6) is -0.0668. The summed E-state index contributed by atoms with van der Waals surface area (Å²) < 4.78 is 6.89. The molecule has 4 rings (SSSR count). The zero-order chi connectivity index (χ0) is 19.7. The maximum absolute atomic E-state index is 13.3. The number of carbonyl (C=O) groups is 2. The van der Waals surface area contributed by atoms with Crippen LogP contribution < -0.4 is 4.90 Å². The predicted octanol–water partition coefficient (Wildman–Crippen LogP) is 4.44. The van der Waals surface area contributed by atoms with Gasteiger partial charge in [-0.05, 0) is 42.3 Å². The minimum absolute atomic E-state index is 0.0334. The van der Waals surface area contributed by atoms with E-state index in [9.17, 15) is 9.59 Å². The Kier molecular flexibility index (Phi) is 5.71. The van der Waals surface area contributed by atoms with E-state index in [1.54, 1.807) is 28.0 Å².